The molecule has 0 saturated carbocycles. The van der Waals surface area contributed by atoms with Gasteiger partial charge in [0.15, 0.2) is 22.9 Å². The van der Waals surface area contributed by atoms with Gasteiger partial charge >= 0.3 is 6.18 Å². The first-order chi connectivity index (χ1) is 15.5. The van der Waals surface area contributed by atoms with Crippen molar-refractivity contribution in [3.8, 4) is 5.88 Å². The van der Waals surface area contributed by atoms with Crippen molar-refractivity contribution in [2.75, 3.05) is 24.8 Å². The van der Waals surface area contributed by atoms with E-state index in [-0.39, 0.29) is 28.2 Å². The number of rotatable bonds is 4. The third-order valence-electron chi connectivity index (χ3n) is 5.33. The molecule has 1 fully saturated rings. The summed E-state index contributed by atoms with van der Waals surface area (Å²) >= 11 is 0.869. The lowest BCUT2D eigenvalue weighted by molar-refractivity contribution is -0.215. The SMILES string of the molecule is COc1cnc(C(=O)Nc2cc(F)c(F)c([C@]34CO[C@H](C(F)(F)F)[C@H]3CSC(N)=N4)c2)cn1. The highest BCUT2D eigenvalue weighted by Crippen LogP contribution is 2.52. The maximum Gasteiger partial charge on any atom is 0.415 e. The smallest absolute Gasteiger partial charge is 0.415 e. The van der Waals surface area contributed by atoms with Gasteiger partial charge in [0.2, 0.25) is 5.88 Å². The van der Waals surface area contributed by atoms with Crippen LogP contribution in [0.1, 0.15) is 16.1 Å². The summed E-state index contributed by atoms with van der Waals surface area (Å²) in [6.07, 6.45) is -4.70. The fourth-order valence-corrected chi connectivity index (χ4v) is 4.83. The molecule has 33 heavy (non-hydrogen) atoms. The number of fused-ring (bicyclic) bond motifs is 1. The van der Waals surface area contributed by atoms with Crippen molar-refractivity contribution in [1.82, 2.24) is 9.97 Å². The van der Waals surface area contributed by atoms with Crippen LogP contribution in [0.15, 0.2) is 29.5 Å². The number of amidine groups is 1. The Morgan fingerprint density at radius 3 is 2.70 bits per heavy atom. The number of amides is 1. The van der Waals surface area contributed by atoms with Crippen molar-refractivity contribution in [2.45, 2.75) is 17.8 Å². The monoisotopic (exact) mass is 489 g/mol. The van der Waals surface area contributed by atoms with Crippen LogP contribution >= 0.6 is 11.8 Å². The van der Waals surface area contributed by atoms with Crippen LogP contribution in [-0.2, 0) is 10.3 Å². The summed E-state index contributed by atoms with van der Waals surface area (Å²) in [5.41, 5.74) is 2.95. The zero-order valence-corrected chi connectivity index (χ0v) is 17.6. The summed E-state index contributed by atoms with van der Waals surface area (Å²) in [5, 5.41) is 2.25. The Kier molecular flexibility index (Phi) is 5.90. The number of alkyl halides is 3. The molecule has 14 heteroatoms. The van der Waals surface area contributed by atoms with E-state index in [9.17, 15) is 26.7 Å². The van der Waals surface area contributed by atoms with Gasteiger partial charge in [0.25, 0.3) is 5.91 Å². The second-order valence-corrected chi connectivity index (χ2v) is 8.32. The molecule has 0 aliphatic carbocycles. The molecule has 4 rings (SSSR count). The molecule has 0 radical (unpaired) electrons. The zero-order valence-electron chi connectivity index (χ0n) is 16.8. The summed E-state index contributed by atoms with van der Waals surface area (Å²) in [7, 11) is 1.36. The van der Waals surface area contributed by atoms with Gasteiger partial charge in [0.05, 0.1) is 26.1 Å². The molecule has 3 atom stereocenters. The van der Waals surface area contributed by atoms with Gasteiger partial charge in [-0.05, 0) is 6.07 Å². The first-order valence-corrected chi connectivity index (χ1v) is 10.4. The molecule has 2 aliphatic rings. The third-order valence-corrected chi connectivity index (χ3v) is 6.24. The molecule has 8 nitrogen and oxygen atoms in total. The van der Waals surface area contributed by atoms with Gasteiger partial charge < -0.3 is 20.5 Å². The van der Waals surface area contributed by atoms with Crippen LogP contribution in [0.3, 0.4) is 0 Å². The highest BCUT2D eigenvalue weighted by Gasteiger charge is 2.62. The molecular weight excluding hydrogens is 473 g/mol. The molecule has 2 aromatic rings. The highest BCUT2D eigenvalue weighted by atomic mass is 32.2. The van der Waals surface area contributed by atoms with Crippen molar-refractivity contribution in [3.63, 3.8) is 0 Å². The molecule has 2 aliphatic heterocycles. The van der Waals surface area contributed by atoms with Crippen molar-refractivity contribution in [3.05, 3.63) is 47.4 Å². The van der Waals surface area contributed by atoms with E-state index in [0.717, 1.165) is 24.0 Å². The minimum absolute atomic E-state index is 0.0829. The van der Waals surface area contributed by atoms with Gasteiger partial charge in [-0.1, -0.05) is 11.8 Å². The zero-order chi connectivity index (χ0) is 24.0. The van der Waals surface area contributed by atoms with Crippen molar-refractivity contribution in [2.24, 2.45) is 16.6 Å². The molecule has 0 bridgehead atoms. The number of carbonyl (C=O) groups is 1. The van der Waals surface area contributed by atoms with E-state index in [1.54, 1.807) is 0 Å². The maximum absolute atomic E-state index is 14.9. The largest absolute Gasteiger partial charge is 0.480 e. The number of thioether (sulfide) groups is 1. The molecule has 1 amide bonds. The van der Waals surface area contributed by atoms with Crippen LogP contribution in [-0.4, -0.2) is 52.8 Å². The van der Waals surface area contributed by atoms with E-state index in [1.165, 1.54) is 13.3 Å². The fraction of sp³-hybridized carbons (Fsp3) is 0.368. The van der Waals surface area contributed by atoms with Crippen LogP contribution in [0, 0.1) is 17.6 Å². The number of benzene rings is 1. The number of hydrogen-bond acceptors (Lipinski definition) is 8. The Labute approximate surface area is 187 Å². The fourth-order valence-electron chi connectivity index (χ4n) is 3.81. The quantitative estimate of drug-likeness (QED) is 0.636. The van der Waals surface area contributed by atoms with Gasteiger partial charge in [-0.3, -0.25) is 4.79 Å². The van der Waals surface area contributed by atoms with E-state index >= 15 is 0 Å². The third kappa shape index (κ3) is 4.19. The maximum atomic E-state index is 14.9. The van der Waals surface area contributed by atoms with Crippen molar-refractivity contribution < 1.29 is 36.2 Å². The Bertz CT molecular complexity index is 1110. The summed E-state index contributed by atoms with van der Waals surface area (Å²) < 4.78 is 79.8. The van der Waals surface area contributed by atoms with Crippen LogP contribution in [0.2, 0.25) is 0 Å². The molecule has 1 saturated heterocycles. The van der Waals surface area contributed by atoms with Crippen LogP contribution < -0.4 is 15.8 Å². The summed E-state index contributed by atoms with van der Waals surface area (Å²) in [5.74, 6) is -4.98. The van der Waals surface area contributed by atoms with Gasteiger partial charge in [0, 0.05) is 29.0 Å². The van der Waals surface area contributed by atoms with E-state index in [4.69, 9.17) is 15.2 Å². The molecule has 0 spiro atoms. The number of anilines is 1. The number of halogens is 5. The Morgan fingerprint density at radius 2 is 2.06 bits per heavy atom. The molecule has 1 aromatic carbocycles. The Morgan fingerprint density at radius 1 is 1.30 bits per heavy atom. The molecule has 3 heterocycles. The molecule has 176 valence electrons. The van der Waals surface area contributed by atoms with Crippen LogP contribution in [0.4, 0.5) is 27.6 Å². The van der Waals surface area contributed by atoms with Gasteiger partial charge in [-0.25, -0.2) is 23.7 Å². The number of carbonyl (C=O) groups excluding carboxylic acids is 1. The van der Waals surface area contributed by atoms with Crippen molar-refractivity contribution >= 4 is 28.5 Å². The van der Waals surface area contributed by atoms with E-state index in [0.29, 0.717) is 6.07 Å². The second-order valence-electron chi connectivity index (χ2n) is 7.28. The van der Waals surface area contributed by atoms with Gasteiger partial charge in [-0.2, -0.15) is 13.2 Å². The Balaban J connectivity index is 1.73. The normalized spacial score (nSPS) is 24.7. The number of ether oxygens (including phenoxy) is 2. The van der Waals surface area contributed by atoms with Gasteiger partial charge in [0.1, 0.15) is 11.2 Å². The average Bonchev–Trinajstić information content (AvgIpc) is 3.16. The summed E-state index contributed by atoms with van der Waals surface area (Å²) in [4.78, 5) is 24.2. The number of hydrogen-bond donors (Lipinski definition) is 2. The molecule has 1 aromatic heterocycles. The van der Waals surface area contributed by atoms with E-state index in [1.807, 2.05) is 0 Å². The first kappa shape index (κ1) is 23.2. The number of methoxy groups -OCH3 is 1. The first-order valence-electron chi connectivity index (χ1n) is 9.38. The van der Waals surface area contributed by atoms with Crippen LogP contribution in [0.5, 0.6) is 5.88 Å². The number of nitrogens with two attached hydrogens (primary N) is 1. The Hall–Kier alpha value is -3.00. The molecule has 3 N–H and O–H groups in total. The lowest BCUT2D eigenvalue weighted by Crippen LogP contribution is -2.46. The molecule has 0 unspecified atom stereocenters. The standard InChI is InChI=1S/C19H16F5N5O3S/c1-31-13-5-26-12(4-27-13)16(30)28-8-2-9(14(21)11(20)3-8)18-7-32-15(19(22,23)24)10(18)6-33-17(25)29-18/h2-5,10,15H,6-7H2,1H3,(H2,25,29)(H,28,30)/t10-,15+,18-/m1/s1. The van der Waals surface area contributed by atoms with Gasteiger partial charge in [-0.15, -0.1) is 0 Å². The second kappa shape index (κ2) is 8.41. The summed E-state index contributed by atoms with van der Waals surface area (Å²) in [6.45, 7) is -0.666. The minimum atomic E-state index is -4.75. The number of nitrogens with zero attached hydrogens (tertiary/aromatic N) is 3. The number of nitrogens with one attached hydrogen (secondary N) is 1. The average molecular weight is 489 g/mol. The lowest BCUT2D eigenvalue weighted by Gasteiger charge is -2.36. The number of aromatic nitrogens is 2. The summed E-state index contributed by atoms with van der Waals surface area (Å²) in [6, 6.07) is 1.72. The highest BCUT2D eigenvalue weighted by molar-refractivity contribution is 8.13. The lowest BCUT2D eigenvalue weighted by atomic mass is 9.78. The van der Waals surface area contributed by atoms with Crippen molar-refractivity contribution in [1.29, 1.82) is 0 Å². The minimum Gasteiger partial charge on any atom is -0.480 e. The topological polar surface area (TPSA) is 112 Å². The number of aliphatic imine (C=N–C) groups is 1. The van der Waals surface area contributed by atoms with E-state index in [2.05, 4.69) is 20.3 Å². The van der Waals surface area contributed by atoms with Crippen LogP contribution in [0.25, 0.3) is 0 Å². The molecular formula is C19H16F5N5O3S. The predicted molar refractivity (Wildman–Crippen MR) is 108 cm³/mol. The predicted octanol–water partition coefficient (Wildman–Crippen LogP) is 2.85. The van der Waals surface area contributed by atoms with E-state index < -0.39 is 53.4 Å².